The largest absolute Gasteiger partial charge is 0.348 e. The number of hydrogen-bond acceptors (Lipinski definition) is 7. The molecule has 0 saturated carbocycles. The van der Waals surface area contributed by atoms with Crippen LogP contribution < -0.4 is 4.90 Å². The number of anilines is 1. The Kier molecular flexibility index (Phi) is 2.63. The van der Waals surface area contributed by atoms with Gasteiger partial charge in [0.1, 0.15) is 0 Å². The van der Waals surface area contributed by atoms with Crippen molar-refractivity contribution in [1.29, 1.82) is 0 Å². The van der Waals surface area contributed by atoms with E-state index in [4.69, 9.17) is 0 Å². The molecule has 0 atom stereocenters. The van der Waals surface area contributed by atoms with Crippen molar-refractivity contribution in [3.8, 4) is 0 Å². The van der Waals surface area contributed by atoms with Crippen molar-refractivity contribution in [2.24, 2.45) is 4.99 Å². The Hall–Kier alpha value is -2.16. The van der Waals surface area contributed by atoms with Crippen LogP contribution in [0.1, 0.15) is 6.42 Å². The predicted molar refractivity (Wildman–Crippen MR) is 69.9 cm³/mol. The summed E-state index contributed by atoms with van der Waals surface area (Å²) in [6, 6.07) is 2.53. The maximum Gasteiger partial charge on any atom is 0.348 e. The lowest BCUT2D eigenvalue weighted by molar-refractivity contribution is -0.422. The highest BCUT2D eigenvalue weighted by atomic mass is 32.2. The van der Waals surface area contributed by atoms with Crippen LogP contribution in [0.4, 0.5) is 17.1 Å². The molecule has 98 valence electrons. The number of nitro groups is 2. The molecule has 0 amide bonds. The Morgan fingerprint density at radius 1 is 1.21 bits per heavy atom. The summed E-state index contributed by atoms with van der Waals surface area (Å²) in [4.78, 5) is 27.2. The highest BCUT2D eigenvalue weighted by molar-refractivity contribution is 8.14. The summed E-state index contributed by atoms with van der Waals surface area (Å²) in [6.45, 7) is 1.45. The van der Waals surface area contributed by atoms with E-state index in [0.717, 1.165) is 24.7 Å². The molecule has 1 aromatic carbocycles. The minimum Gasteiger partial charge on any atom is -0.320 e. The fourth-order valence-electron chi connectivity index (χ4n) is 2.13. The van der Waals surface area contributed by atoms with Gasteiger partial charge in [0, 0.05) is 30.1 Å². The topological polar surface area (TPSA) is 102 Å². The van der Waals surface area contributed by atoms with Gasteiger partial charge in [0.15, 0.2) is 5.17 Å². The van der Waals surface area contributed by atoms with Crippen LogP contribution in [0.15, 0.2) is 22.0 Å². The van der Waals surface area contributed by atoms with Crippen molar-refractivity contribution in [2.75, 3.05) is 18.0 Å². The molecule has 0 saturated heterocycles. The van der Waals surface area contributed by atoms with Gasteiger partial charge in [-0.15, -0.1) is 0 Å². The first-order valence-corrected chi connectivity index (χ1v) is 6.36. The molecule has 0 spiro atoms. The van der Waals surface area contributed by atoms with Gasteiger partial charge in [-0.1, -0.05) is 0 Å². The average molecular weight is 280 g/mol. The summed E-state index contributed by atoms with van der Waals surface area (Å²) in [5.74, 6) is 0. The van der Waals surface area contributed by atoms with Crippen molar-refractivity contribution >= 4 is 34.0 Å². The van der Waals surface area contributed by atoms with Crippen molar-refractivity contribution in [3.05, 3.63) is 32.4 Å². The molecule has 0 unspecified atom stereocenters. The van der Waals surface area contributed by atoms with Crippen LogP contribution in [-0.2, 0) is 0 Å². The number of benzene rings is 1. The molecule has 0 radical (unpaired) electrons. The van der Waals surface area contributed by atoms with E-state index >= 15 is 0 Å². The molecule has 19 heavy (non-hydrogen) atoms. The van der Waals surface area contributed by atoms with Crippen molar-refractivity contribution < 1.29 is 9.85 Å². The Morgan fingerprint density at radius 2 is 1.89 bits per heavy atom. The zero-order valence-electron chi connectivity index (χ0n) is 9.61. The van der Waals surface area contributed by atoms with E-state index in [9.17, 15) is 20.2 Å². The number of amidine groups is 1. The second-order valence-electron chi connectivity index (χ2n) is 4.09. The summed E-state index contributed by atoms with van der Waals surface area (Å²) in [5.41, 5.74) is -0.311. The van der Waals surface area contributed by atoms with Gasteiger partial charge in [-0.05, 0) is 18.2 Å². The first-order valence-electron chi connectivity index (χ1n) is 5.54. The third kappa shape index (κ3) is 1.82. The monoisotopic (exact) mass is 280 g/mol. The predicted octanol–water partition coefficient (Wildman–Crippen LogP) is 2.17. The number of rotatable bonds is 2. The number of nitro benzene ring substituents is 2. The molecule has 0 bridgehead atoms. The number of aliphatic imine (C=N–C) groups is 1. The van der Waals surface area contributed by atoms with E-state index in [-0.39, 0.29) is 0 Å². The van der Waals surface area contributed by atoms with Gasteiger partial charge in [-0.3, -0.25) is 25.2 Å². The SMILES string of the molecule is O=[N+]([O-])c1cc2c(cc1[N+](=O)[O-])N1CCCN=C1S2. The van der Waals surface area contributed by atoms with Gasteiger partial charge in [0.2, 0.25) is 0 Å². The maximum absolute atomic E-state index is 10.9. The second kappa shape index (κ2) is 4.19. The average Bonchev–Trinajstić information content (AvgIpc) is 2.74. The van der Waals surface area contributed by atoms with Gasteiger partial charge in [0.05, 0.1) is 15.5 Å². The number of hydrogen-bond donors (Lipinski definition) is 0. The summed E-state index contributed by atoms with van der Waals surface area (Å²) < 4.78 is 0. The first-order chi connectivity index (χ1) is 9.08. The van der Waals surface area contributed by atoms with Crippen LogP contribution in [0.25, 0.3) is 0 Å². The Balaban J connectivity index is 2.17. The number of fused-ring (bicyclic) bond motifs is 3. The number of nitrogens with zero attached hydrogens (tertiary/aromatic N) is 4. The van der Waals surface area contributed by atoms with Crippen molar-refractivity contribution in [3.63, 3.8) is 0 Å². The standard InChI is InChI=1S/C10H8N4O4S/c15-13(16)6-4-8-9(5-7(6)14(17)18)19-10-11-2-1-3-12(8)10/h4-5H,1-3H2. The molecule has 2 aliphatic rings. The molecule has 0 aromatic heterocycles. The van der Waals surface area contributed by atoms with Crippen LogP contribution in [0.2, 0.25) is 0 Å². The van der Waals surface area contributed by atoms with Crippen LogP contribution >= 0.6 is 11.8 Å². The highest BCUT2D eigenvalue weighted by Gasteiger charge is 2.35. The van der Waals surface area contributed by atoms with E-state index in [2.05, 4.69) is 4.99 Å². The van der Waals surface area contributed by atoms with Crippen LogP contribution in [0, 0.1) is 20.2 Å². The third-order valence-electron chi connectivity index (χ3n) is 2.96. The van der Waals surface area contributed by atoms with E-state index < -0.39 is 21.2 Å². The minimum atomic E-state index is -0.724. The van der Waals surface area contributed by atoms with Gasteiger partial charge in [-0.2, -0.15) is 0 Å². The van der Waals surface area contributed by atoms with E-state index in [1.807, 2.05) is 4.90 Å². The molecule has 2 heterocycles. The van der Waals surface area contributed by atoms with E-state index in [1.54, 1.807) is 0 Å². The van der Waals surface area contributed by atoms with Gasteiger partial charge in [0.25, 0.3) is 0 Å². The third-order valence-corrected chi connectivity index (χ3v) is 4.04. The van der Waals surface area contributed by atoms with Crippen molar-refractivity contribution in [2.45, 2.75) is 11.3 Å². The number of thioether (sulfide) groups is 1. The normalized spacial score (nSPS) is 16.6. The molecule has 0 N–H and O–H groups in total. The maximum atomic E-state index is 10.9. The molecular weight excluding hydrogens is 272 g/mol. The quantitative estimate of drug-likeness (QED) is 0.607. The van der Waals surface area contributed by atoms with Crippen LogP contribution in [0.5, 0.6) is 0 Å². The zero-order valence-corrected chi connectivity index (χ0v) is 10.4. The van der Waals surface area contributed by atoms with Crippen molar-refractivity contribution in [1.82, 2.24) is 0 Å². The molecule has 9 heteroatoms. The van der Waals surface area contributed by atoms with Gasteiger partial charge >= 0.3 is 11.4 Å². The van der Waals surface area contributed by atoms with E-state index in [0.29, 0.717) is 10.6 Å². The highest BCUT2D eigenvalue weighted by Crippen LogP contribution is 2.46. The molecule has 3 rings (SSSR count). The molecule has 0 fully saturated rings. The van der Waals surface area contributed by atoms with Gasteiger partial charge < -0.3 is 4.90 Å². The Morgan fingerprint density at radius 3 is 2.58 bits per heavy atom. The Bertz CT molecular complexity index is 630. The lowest BCUT2D eigenvalue weighted by Gasteiger charge is -2.22. The molecule has 0 aliphatic carbocycles. The Labute approximate surface area is 111 Å². The smallest absolute Gasteiger partial charge is 0.320 e. The van der Waals surface area contributed by atoms with Gasteiger partial charge in [-0.25, -0.2) is 0 Å². The lowest BCUT2D eigenvalue weighted by Crippen LogP contribution is -2.30. The molecule has 8 nitrogen and oxygen atoms in total. The summed E-state index contributed by atoms with van der Waals surface area (Å²) in [5, 5.41) is 22.6. The fourth-order valence-corrected chi connectivity index (χ4v) is 3.22. The molecule has 1 aromatic rings. The van der Waals surface area contributed by atoms with Crippen LogP contribution in [0.3, 0.4) is 0 Å². The van der Waals surface area contributed by atoms with Crippen LogP contribution in [-0.4, -0.2) is 28.1 Å². The minimum absolute atomic E-state index is 0.475. The molecule has 2 aliphatic heterocycles. The fraction of sp³-hybridized carbons (Fsp3) is 0.300. The second-order valence-corrected chi connectivity index (χ2v) is 5.10. The molecular formula is C10H8N4O4S. The summed E-state index contributed by atoms with van der Waals surface area (Å²) >= 11 is 1.32. The van der Waals surface area contributed by atoms with E-state index in [1.165, 1.54) is 23.9 Å². The lowest BCUT2D eigenvalue weighted by atomic mass is 10.2. The first kappa shape index (κ1) is 11.9. The summed E-state index contributed by atoms with van der Waals surface area (Å²) in [6.07, 6.45) is 0.869. The summed E-state index contributed by atoms with van der Waals surface area (Å²) in [7, 11) is 0. The zero-order chi connectivity index (χ0) is 13.6.